The molecule has 3 rings (SSSR count). The molecule has 21 heavy (non-hydrogen) atoms. The zero-order valence-corrected chi connectivity index (χ0v) is 12.4. The van der Waals surface area contributed by atoms with E-state index in [0.717, 1.165) is 15.4 Å². The number of anilines is 1. The Labute approximate surface area is 128 Å². The Kier molecular flexibility index (Phi) is 3.66. The minimum absolute atomic E-state index is 0.273. The lowest BCUT2D eigenvalue weighted by Gasteiger charge is -2.08. The number of pyridine rings is 1. The van der Waals surface area contributed by atoms with Crippen LogP contribution in [-0.2, 0) is 0 Å². The van der Waals surface area contributed by atoms with E-state index in [-0.39, 0.29) is 11.5 Å². The Morgan fingerprint density at radius 2 is 2.00 bits per heavy atom. The van der Waals surface area contributed by atoms with E-state index in [1.54, 1.807) is 18.3 Å². The van der Waals surface area contributed by atoms with Crippen LogP contribution in [0.1, 0.15) is 10.4 Å². The fourth-order valence-electron chi connectivity index (χ4n) is 2.05. The number of carbonyl (C=O) groups excluding carboxylic acids is 1. The molecule has 0 aliphatic rings. The number of nitrogens with one attached hydrogen (secondary N) is 1. The smallest absolute Gasteiger partial charge is 0.255 e. The van der Waals surface area contributed by atoms with Crippen molar-refractivity contribution in [2.45, 2.75) is 0 Å². The number of benzene rings is 2. The van der Waals surface area contributed by atoms with Crippen LogP contribution in [0.4, 0.5) is 10.1 Å². The van der Waals surface area contributed by atoms with E-state index in [1.807, 2.05) is 18.2 Å². The topological polar surface area (TPSA) is 42.0 Å². The lowest BCUT2D eigenvalue weighted by molar-refractivity contribution is 0.102. The van der Waals surface area contributed by atoms with Gasteiger partial charge in [-0.15, -0.1) is 0 Å². The maximum absolute atomic E-state index is 13.2. The van der Waals surface area contributed by atoms with Crippen molar-refractivity contribution in [2.75, 3.05) is 5.32 Å². The second-order valence-corrected chi connectivity index (χ2v) is 5.40. The van der Waals surface area contributed by atoms with Crippen molar-refractivity contribution in [3.8, 4) is 0 Å². The summed E-state index contributed by atoms with van der Waals surface area (Å²) in [5.74, 6) is -0.799. The number of aromatic nitrogens is 1. The second kappa shape index (κ2) is 5.61. The van der Waals surface area contributed by atoms with Crippen LogP contribution in [0.3, 0.4) is 0 Å². The van der Waals surface area contributed by atoms with E-state index < -0.39 is 5.82 Å². The molecule has 0 aliphatic carbocycles. The average Bonchev–Trinajstić information content (AvgIpc) is 2.48. The molecule has 0 radical (unpaired) electrons. The Morgan fingerprint density at radius 1 is 1.14 bits per heavy atom. The maximum atomic E-state index is 13.2. The molecule has 0 atom stereocenters. The first-order chi connectivity index (χ1) is 10.1. The molecule has 1 amide bonds. The first-order valence-corrected chi connectivity index (χ1v) is 7.04. The standard InChI is InChI=1S/C16H10BrFN2O/c17-11-4-5-14-13(9-11)15(6-7-19-14)20-16(21)10-2-1-3-12(18)8-10/h1-9H,(H,19,20,21). The third-order valence-electron chi connectivity index (χ3n) is 3.04. The largest absolute Gasteiger partial charge is 0.321 e. The predicted molar refractivity (Wildman–Crippen MR) is 83.8 cm³/mol. The van der Waals surface area contributed by atoms with Gasteiger partial charge in [0.15, 0.2) is 0 Å². The molecule has 1 heterocycles. The first kappa shape index (κ1) is 13.7. The quantitative estimate of drug-likeness (QED) is 0.749. The normalized spacial score (nSPS) is 10.6. The molecule has 1 aromatic heterocycles. The summed E-state index contributed by atoms with van der Waals surface area (Å²) >= 11 is 3.40. The molecule has 0 saturated heterocycles. The first-order valence-electron chi connectivity index (χ1n) is 6.25. The van der Waals surface area contributed by atoms with Gasteiger partial charge in [-0.05, 0) is 42.5 Å². The average molecular weight is 345 g/mol. The molecule has 0 bridgehead atoms. The van der Waals surface area contributed by atoms with Gasteiger partial charge in [-0.25, -0.2) is 4.39 Å². The van der Waals surface area contributed by atoms with Crippen molar-refractivity contribution in [2.24, 2.45) is 0 Å². The summed E-state index contributed by atoms with van der Waals surface area (Å²) in [6, 6.07) is 12.9. The summed E-state index contributed by atoms with van der Waals surface area (Å²) in [5.41, 5.74) is 1.68. The van der Waals surface area contributed by atoms with Crippen LogP contribution in [0.5, 0.6) is 0 Å². The summed E-state index contributed by atoms with van der Waals surface area (Å²) in [4.78, 5) is 16.4. The molecule has 0 aliphatic heterocycles. The second-order valence-electron chi connectivity index (χ2n) is 4.48. The van der Waals surface area contributed by atoms with Gasteiger partial charge in [-0.2, -0.15) is 0 Å². The van der Waals surface area contributed by atoms with E-state index in [1.165, 1.54) is 18.2 Å². The SMILES string of the molecule is O=C(Nc1ccnc2ccc(Br)cc12)c1cccc(F)c1. The van der Waals surface area contributed by atoms with Gasteiger partial charge in [0.2, 0.25) is 0 Å². The van der Waals surface area contributed by atoms with E-state index >= 15 is 0 Å². The molecule has 3 nitrogen and oxygen atoms in total. The molecule has 0 spiro atoms. The highest BCUT2D eigenvalue weighted by Gasteiger charge is 2.09. The van der Waals surface area contributed by atoms with Crippen LogP contribution in [-0.4, -0.2) is 10.9 Å². The van der Waals surface area contributed by atoms with Crippen molar-refractivity contribution < 1.29 is 9.18 Å². The summed E-state index contributed by atoms with van der Waals surface area (Å²) in [6.07, 6.45) is 1.62. The molecule has 3 aromatic rings. The molecule has 0 saturated carbocycles. The van der Waals surface area contributed by atoms with Gasteiger partial charge in [0.1, 0.15) is 5.82 Å². The summed E-state index contributed by atoms with van der Waals surface area (Å²) in [6.45, 7) is 0. The fraction of sp³-hybridized carbons (Fsp3) is 0. The number of halogens is 2. The van der Waals surface area contributed by atoms with Gasteiger partial charge in [0.05, 0.1) is 11.2 Å². The Bertz CT molecular complexity index is 835. The number of nitrogens with zero attached hydrogens (tertiary/aromatic N) is 1. The monoisotopic (exact) mass is 344 g/mol. The maximum Gasteiger partial charge on any atom is 0.255 e. The molecular formula is C16H10BrFN2O. The number of fused-ring (bicyclic) bond motifs is 1. The fourth-order valence-corrected chi connectivity index (χ4v) is 2.41. The van der Waals surface area contributed by atoms with Gasteiger partial charge in [-0.3, -0.25) is 9.78 Å². The predicted octanol–water partition coefficient (Wildman–Crippen LogP) is 4.39. The van der Waals surface area contributed by atoms with Crippen molar-refractivity contribution >= 4 is 38.4 Å². The zero-order valence-electron chi connectivity index (χ0n) is 10.8. The van der Waals surface area contributed by atoms with Crippen molar-refractivity contribution in [3.63, 3.8) is 0 Å². The van der Waals surface area contributed by atoms with Gasteiger partial charge in [0, 0.05) is 21.6 Å². The minimum atomic E-state index is -0.440. The van der Waals surface area contributed by atoms with Gasteiger partial charge < -0.3 is 5.32 Å². The van der Waals surface area contributed by atoms with E-state index in [4.69, 9.17) is 0 Å². The van der Waals surface area contributed by atoms with Crippen molar-refractivity contribution in [1.29, 1.82) is 0 Å². The van der Waals surface area contributed by atoms with Gasteiger partial charge in [0.25, 0.3) is 5.91 Å². The van der Waals surface area contributed by atoms with E-state index in [0.29, 0.717) is 5.69 Å². The third kappa shape index (κ3) is 2.92. The number of hydrogen-bond acceptors (Lipinski definition) is 2. The lowest BCUT2D eigenvalue weighted by Crippen LogP contribution is -2.12. The molecular weight excluding hydrogens is 335 g/mol. The third-order valence-corrected chi connectivity index (χ3v) is 3.53. The Balaban J connectivity index is 1.98. The van der Waals surface area contributed by atoms with Gasteiger partial charge >= 0.3 is 0 Å². The van der Waals surface area contributed by atoms with Gasteiger partial charge in [-0.1, -0.05) is 22.0 Å². The minimum Gasteiger partial charge on any atom is -0.321 e. The zero-order chi connectivity index (χ0) is 14.8. The van der Waals surface area contributed by atoms with Crippen molar-refractivity contribution in [1.82, 2.24) is 4.98 Å². The lowest BCUT2D eigenvalue weighted by atomic mass is 10.1. The van der Waals surface area contributed by atoms with Crippen LogP contribution in [0.25, 0.3) is 10.9 Å². The van der Waals surface area contributed by atoms with Crippen LogP contribution >= 0.6 is 15.9 Å². The Morgan fingerprint density at radius 3 is 2.81 bits per heavy atom. The number of amides is 1. The molecule has 1 N–H and O–H groups in total. The number of hydrogen-bond donors (Lipinski definition) is 1. The summed E-state index contributed by atoms with van der Waals surface area (Å²) in [7, 11) is 0. The van der Waals surface area contributed by atoms with Crippen LogP contribution in [0, 0.1) is 5.82 Å². The van der Waals surface area contributed by atoms with E-state index in [9.17, 15) is 9.18 Å². The molecule has 5 heteroatoms. The summed E-state index contributed by atoms with van der Waals surface area (Å²) in [5, 5.41) is 3.61. The molecule has 2 aromatic carbocycles. The molecule has 0 unspecified atom stereocenters. The Hall–Kier alpha value is -2.27. The van der Waals surface area contributed by atoms with Crippen molar-refractivity contribution in [3.05, 3.63) is 70.6 Å². The molecule has 104 valence electrons. The summed E-state index contributed by atoms with van der Waals surface area (Å²) < 4.78 is 14.1. The van der Waals surface area contributed by atoms with Crippen LogP contribution < -0.4 is 5.32 Å². The highest BCUT2D eigenvalue weighted by Crippen LogP contribution is 2.25. The highest BCUT2D eigenvalue weighted by molar-refractivity contribution is 9.10. The van der Waals surface area contributed by atoms with E-state index in [2.05, 4.69) is 26.2 Å². The van der Waals surface area contributed by atoms with Crippen LogP contribution in [0.15, 0.2) is 59.2 Å². The number of carbonyl (C=O) groups is 1. The number of rotatable bonds is 2. The highest BCUT2D eigenvalue weighted by atomic mass is 79.9. The van der Waals surface area contributed by atoms with Crippen LogP contribution in [0.2, 0.25) is 0 Å². The molecule has 0 fully saturated rings.